The Bertz CT molecular complexity index is 604. The fourth-order valence-electron chi connectivity index (χ4n) is 5.74. The molecule has 0 aromatic carbocycles. The van der Waals surface area contributed by atoms with Crippen LogP contribution < -0.4 is 16.4 Å². The quantitative estimate of drug-likeness (QED) is 0.262. The van der Waals surface area contributed by atoms with Crippen LogP contribution in [0.3, 0.4) is 0 Å². The van der Waals surface area contributed by atoms with Crippen LogP contribution in [0.25, 0.3) is 0 Å². The molecular formula is C27H54N6O3. The van der Waals surface area contributed by atoms with Crippen LogP contribution in [0.5, 0.6) is 0 Å². The molecule has 2 atom stereocenters. The molecule has 0 aromatic heterocycles. The van der Waals surface area contributed by atoms with Crippen LogP contribution in [0.4, 0.5) is 0 Å². The van der Waals surface area contributed by atoms with Crippen molar-refractivity contribution in [3.8, 4) is 0 Å². The van der Waals surface area contributed by atoms with Crippen molar-refractivity contribution >= 4 is 5.91 Å². The van der Waals surface area contributed by atoms with Gasteiger partial charge in [0.25, 0.3) is 0 Å². The number of nitrogens with one attached hydrogen (secondary N) is 2. The minimum Gasteiger partial charge on any atom is -0.383 e. The third kappa shape index (κ3) is 10.9. The molecule has 3 aliphatic rings. The highest BCUT2D eigenvalue weighted by atomic mass is 16.5. The van der Waals surface area contributed by atoms with E-state index in [-0.39, 0.29) is 18.0 Å². The van der Waals surface area contributed by atoms with Gasteiger partial charge in [-0.1, -0.05) is 13.8 Å². The average molecular weight is 511 g/mol. The largest absolute Gasteiger partial charge is 0.383 e. The standard InChI is InChI=1S/C27H54N6O3/c1-4-7-29-19-23(28)16-22(2)20-32-8-5-25(6-9-32)36-26-17-24(18-26)30-27(34)21-33-12-10-31(11-13-33)14-15-35-3/h22-26,29H,4-21,28H2,1-3H3,(H,30,34). The van der Waals surface area contributed by atoms with Crippen LogP contribution in [0.1, 0.15) is 52.4 Å². The van der Waals surface area contributed by atoms with Crippen LogP contribution >= 0.6 is 0 Å². The van der Waals surface area contributed by atoms with Gasteiger partial charge in [-0.15, -0.1) is 0 Å². The first kappa shape index (κ1) is 29.7. The smallest absolute Gasteiger partial charge is 0.234 e. The maximum atomic E-state index is 12.5. The SMILES string of the molecule is CCCNCC(N)CC(C)CN1CCC(OC2CC(NC(=O)CN3CCN(CCOC)CC3)C2)CC1. The van der Waals surface area contributed by atoms with E-state index in [1.54, 1.807) is 7.11 Å². The molecule has 0 radical (unpaired) electrons. The number of likely N-dealkylation sites (tertiary alicyclic amines) is 1. The molecule has 1 saturated carbocycles. The molecule has 9 nitrogen and oxygen atoms in total. The molecule has 2 saturated heterocycles. The second-order valence-electron chi connectivity index (χ2n) is 11.4. The number of rotatable bonds is 16. The lowest BCUT2D eigenvalue weighted by molar-refractivity contribution is -0.127. The Morgan fingerprint density at radius 1 is 1.03 bits per heavy atom. The Morgan fingerprint density at radius 3 is 2.39 bits per heavy atom. The van der Waals surface area contributed by atoms with Gasteiger partial charge in [-0.2, -0.15) is 0 Å². The van der Waals surface area contributed by atoms with Crippen molar-refractivity contribution in [3.05, 3.63) is 0 Å². The summed E-state index contributed by atoms with van der Waals surface area (Å²) >= 11 is 0. The summed E-state index contributed by atoms with van der Waals surface area (Å²) in [6.45, 7) is 16.0. The first-order valence-corrected chi connectivity index (χ1v) is 14.5. The van der Waals surface area contributed by atoms with E-state index in [1.807, 2.05) is 0 Å². The van der Waals surface area contributed by atoms with Gasteiger partial charge in [0, 0.05) is 78.1 Å². The first-order chi connectivity index (χ1) is 17.4. The molecule has 0 spiro atoms. The number of carbonyl (C=O) groups excluding carboxylic acids is 1. The normalized spacial score (nSPS) is 26.4. The van der Waals surface area contributed by atoms with Gasteiger partial charge in [0.1, 0.15) is 0 Å². The number of carbonyl (C=O) groups is 1. The maximum Gasteiger partial charge on any atom is 0.234 e. The number of amides is 1. The van der Waals surface area contributed by atoms with E-state index in [4.69, 9.17) is 15.2 Å². The third-order valence-corrected chi connectivity index (χ3v) is 7.93. The van der Waals surface area contributed by atoms with Crippen molar-refractivity contribution < 1.29 is 14.3 Å². The molecule has 2 heterocycles. The second kappa shape index (κ2) is 16.2. The lowest BCUT2D eigenvalue weighted by Gasteiger charge is -2.41. The van der Waals surface area contributed by atoms with E-state index in [2.05, 4.69) is 39.2 Å². The minimum atomic E-state index is 0.159. The first-order valence-electron chi connectivity index (χ1n) is 14.5. The molecule has 0 bridgehead atoms. The Labute approximate surface area is 219 Å². The summed E-state index contributed by atoms with van der Waals surface area (Å²) in [5.74, 6) is 0.781. The van der Waals surface area contributed by atoms with Gasteiger partial charge in [-0.05, 0) is 51.0 Å². The molecule has 210 valence electrons. The number of hydrogen-bond acceptors (Lipinski definition) is 8. The van der Waals surface area contributed by atoms with E-state index in [9.17, 15) is 4.79 Å². The van der Waals surface area contributed by atoms with Crippen LogP contribution in [-0.4, -0.2) is 131 Å². The summed E-state index contributed by atoms with van der Waals surface area (Å²) in [5, 5.41) is 6.65. The van der Waals surface area contributed by atoms with Crippen molar-refractivity contribution in [3.63, 3.8) is 0 Å². The minimum absolute atomic E-state index is 0.159. The average Bonchev–Trinajstić information content (AvgIpc) is 2.83. The third-order valence-electron chi connectivity index (χ3n) is 7.93. The molecule has 36 heavy (non-hydrogen) atoms. The van der Waals surface area contributed by atoms with Crippen molar-refractivity contribution in [1.82, 2.24) is 25.3 Å². The number of piperazine rings is 1. The number of ether oxygens (including phenoxy) is 2. The molecule has 0 aromatic rings. The van der Waals surface area contributed by atoms with Crippen LogP contribution in [0, 0.1) is 5.92 Å². The second-order valence-corrected chi connectivity index (χ2v) is 11.4. The summed E-state index contributed by atoms with van der Waals surface area (Å²) in [5.41, 5.74) is 6.29. The van der Waals surface area contributed by atoms with Gasteiger partial charge in [-0.3, -0.25) is 14.6 Å². The molecule has 2 unspecified atom stereocenters. The lowest BCUT2D eigenvalue weighted by atomic mass is 9.88. The zero-order valence-corrected chi connectivity index (χ0v) is 23.3. The molecular weight excluding hydrogens is 456 g/mol. The van der Waals surface area contributed by atoms with Crippen molar-refractivity contribution in [2.24, 2.45) is 11.7 Å². The summed E-state index contributed by atoms with van der Waals surface area (Å²) in [7, 11) is 1.74. The van der Waals surface area contributed by atoms with Gasteiger partial charge >= 0.3 is 0 Å². The van der Waals surface area contributed by atoms with Crippen LogP contribution in [0.15, 0.2) is 0 Å². The summed E-state index contributed by atoms with van der Waals surface area (Å²) in [6.07, 6.45) is 7.05. The predicted octanol–water partition coefficient (Wildman–Crippen LogP) is 0.732. The highest BCUT2D eigenvalue weighted by Gasteiger charge is 2.34. The number of piperidine rings is 1. The topological polar surface area (TPSA) is 95.3 Å². The monoisotopic (exact) mass is 510 g/mol. The van der Waals surface area contributed by atoms with E-state index >= 15 is 0 Å². The highest BCUT2D eigenvalue weighted by Crippen LogP contribution is 2.27. The maximum absolute atomic E-state index is 12.5. The Morgan fingerprint density at radius 2 is 1.72 bits per heavy atom. The van der Waals surface area contributed by atoms with Crippen molar-refractivity contribution in [1.29, 1.82) is 0 Å². The van der Waals surface area contributed by atoms with E-state index in [1.165, 1.54) is 0 Å². The fourth-order valence-corrected chi connectivity index (χ4v) is 5.74. The number of nitrogens with zero attached hydrogens (tertiary/aromatic N) is 3. The number of hydrogen-bond donors (Lipinski definition) is 3. The highest BCUT2D eigenvalue weighted by molar-refractivity contribution is 5.78. The Balaban J connectivity index is 1.20. The molecule has 3 fully saturated rings. The van der Waals surface area contributed by atoms with E-state index in [0.717, 1.165) is 111 Å². The zero-order chi connectivity index (χ0) is 25.8. The summed E-state index contributed by atoms with van der Waals surface area (Å²) in [4.78, 5) is 19.7. The van der Waals surface area contributed by atoms with Gasteiger partial charge < -0.3 is 30.7 Å². The van der Waals surface area contributed by atoms with Gasteiger partial charge in [0.15, 0.2) is 0 Å². The molecule has 9 heteroatoms. The molecule has 3 rings (SSSR count). The van der Waals surface area contributed by atoms with Gasteiger partial charge in [-0.25, -0.2) is 0 Å². The number of nitrogens with two attached hydrogens (primary N) is 1. The zero-order valence-electron chi connectivity index (χ0n) is 23.3. The van der Waals surface area contributed by atoms with E-state index < -0.39 is 0 Å². The molecule has 1 amide bonds. The fraction of sp³-hybridized carbons (Fsp3) is 0.963. The number of methoxy groups -OCH3 is 1. The molecule has 4 N–H and O–H groups in total. The Kier molecular flexibility index (Phi) is 13.4. The summed E-state index contributed by atoms with van der Waals surface area (Å²) < 4.78 is 11.5. The van der Waals surface area contributed by atoms with Crippen molar-refractivity contribution in [2.75, 3.05) is 85.7 Å². The van der Waals surface area contributed by atoms with Gasteiger partial charge in [0.2, 0.25) is 5.91 Å². The van der Waals surface area contributed by atoms with Gasteiger partial charge in [0.05, 0.1) is 25.4 Å². The van der Waals surface area contributed by atoms with E-state index in [0.29, 0.717) is 24.7 Å². The van der Waals surface area contributed by atoms with Crippen molar-refractivity contribution in [2.45, 2.75) is 76.7 Å². The Hall–Kier alpha value is -0.810. The molecule has 1 aliphatic carbocycles. The predicted molar refractivity (Wildman–Crippen MR) is 145 cm³/mol. The summed E-state index contributed by atoms with van der Waals surface area (Å²) in [6, 6.07) is 0.526. The van der Waals surface area contributed by atoms with Crippen LogP contribution in [-0.2, 0) is 14.3 Å². The van der Waals surface area contributed by atoms with Crippen LogP contribution in [0.2, 0.25) is 0 Å². The molecule has 2 aliphatic heterocycles. The lowest BCUT2D eigenvalue weighted by Crippen LogP contribution is -2.54.